The number of nitrogens with one attached hydrogen (secondary N) is 2. The number of carboxylic acids is 1. The van der Waals surface area contributed by atoms with Gasteiger partial charge < -0.3 is 45.5 Å². The third kappa shape index (κ3) is 13.1. The summed E-state index contributed by atoms with van der Waals surface area (Å²) >= 11 is 0. The Morgan fingerprint density at radius 2 is 1.15 bits per heavy atom. The Hall–Kier alpha value is -9.09. The second kappa shape index (κ2) is 23.4. The maximum atomic E-state index is 13.3. The summed E-state index contributed by atoms with van der Waals surface area (Å²) in [7, 11) is 0. The van der Waals surface area contributed by atoms with Crippen LogP contribution in [0.4, 0.5) is 11.4 Å². The van der Waals surface area contributed by atoms with Gasteiger partial charge in [-0.2, -0.15) is 0 Å². The summed E-state index contributed by atoms with van der Waals surface area (Å²) in [5.74, 6) is -4.42. The van der Waals surface area contributed by atoms with Crippen molar-refractivity contribution in [1.29, 1.82) is 0 Å². The molecule has 386 valence electrons. The largest absolute Gasteiger partial charge is 0.501 e. The molecule has 0 saturated heterocycles. The molecule has 23 heteroatoms. The van der Waals surface area contributed by atoms with Crippen LogP contribution in [0.2, 0.25) is 0 Å². The summed E-state index contributed by atoms with van der Waals surface area (Å²) in [6, 6.07) is 23.3. The summed E-state index contributed by atoms with van der Waals surface area (Å²) in [5, 5.41) is 23.1. The van der Waals surface area contributed by atoms with Gasteiger partial charge in [-0.15, -0.1) is 0 Å². The van der Waals surface area contributed by atoms with Gasteiger partial charge in [0.1, 0.15) is 29.5 Å². The van der Waals surface area contributed by atoms with Gasteiger partial charge in [-0.3, -0.25) is 42.7 Å². The highest BCUT2D eigenvalue weighted by Gasteiger charge is 2.36. The first-order valence-electron chi connectivity index (χ1n) is 22.7. The number of anilines is 2. The number of rotatable bonds is 10. The minimum Gasteiger partial charge on any atom is -0.501 e. The molecule has 3 aromatic carbocycles. The predicted molar refractivity (Wildman–Crippen MR) is 262 cm³/mol. The third-order valence-electron chi connectivity index (χ3n) is 11.1. The summed E-state index contributed by atoms with van der Waals surface area (Å²) < 4.78 is 24.1. The van der Waals surface area contributed by atoms with Gasteiger partial charge in [0.2, 0.25) is 11.5 Å². The number of carboxylic acid groups (broad SMARTS) is 1. The van der Waals surface area contributed by atoms with Gasteiger partial charge in [0.25, 0.3) is 40.7 Å². The fraction of sp³-hybridized carbons (Fsp3) is 0.275. The first-order valence-corrected chi connectivity index (χ1v) is 22.7. The zero-order valence-electron chi connectivity index (χ0n) is 40.8. The lowest BCUT2D eigenvalue weighted by molar-refractivity contribution is -0.150. The van der Waals surface area contributed by atoms with Gasteiger partial charge >= 0.3 is 11.9 Å². The zero-order valence-corrected chi connectivity index (χ0v) is 40.8. The first-order chi connectivity index (χ1) is 35.1. The number of nitrogen functional groups attached to an aromatic ring is 1. The number of imide groups is 1. The number of cyclic esters (lactones) is 2. The Balaban J connectivity index is 0.000000200. The molecule has 4 aliphatic heterocycles. The Kier molecular flexibility index (Phi) is 17.2. The van der Waals surface area contributed by atoms with Crippen LogP contribution in [-0.2, 0) is 82.2 Å². The molecule has 0 radical (unpaired) electrons. The minimum absolute atomic E-state index is 0.0640. The Morgan fingerprint density at radius 3 is 1.69 bits per heavy atom. The van der Waals surface area contributed by atoms with Crippen molar-refractivity contribution in [3.05, 3.63) is 164 Å². The third-order valence-corrected chi connectivity index (χ3v) is 11.1. The summed E-state index contributed by atoms with van der Waals surface area (Å²) in [4.78, 5) is 114. The Bertz CT molecular complexity index is 3160. The molecular formula is C51H52N8O15. The van der Waals surface area contributed by atoms with Crippen LogP contribution in [0.15, 0.2) is 113 Å². The van der Waals surface area contributed by atoms with Gasteiger partial charge in [0.05, 0.1) is 32.0 Å². The number of amides is 4. The minimum atomic E-state index is -0.907. The number of aromatic nitrogens is 4. The van der Waals surface area contributed by atoms with Crippen molar-refractivity contribution in [3.63, 3.8) is 0 Å². The quantitative estimate of drug-likeness (QED) is 0.0581. The van der Waals surface area contributed by atoms with E-state index in [-0.39, 0.29) is 50.1 Å². The van der Waals surface area contributed by atoms with Crippen LogP contribution in [0.3, 0.4) is 0 Å². The molecule has 0 spiro atoms. The molecule has 4 aliphatic rings. The van der Waals surface area contributed by atoms with Crippen molar-refractivity contribution >= 4 is 52.9 Å². The molecule has 2 aromatic heterocycles. The number of benzene rings is 3. The van der Waals surface area contributed by atoms with E-state index in [4.69, 9.17) is 29.8 Å². The lowest BCUT2D eigenvalue weighted by Crippen LogP contribution is -2.43. The van der Waals surface area contributed by atoms with Crippen molar-refractivity contribution < 1.29 is 62.7 Å². The normalized spacial score (nSPS) is 15.4. The molecule has 0 aliphatic carbocycles. The van der Waals surface area contributed by atoms with Gasteiger partial charge in [0.15, 0.2) is 11.4 Å². The summed E-state index contributed by atoms with van der Waals surface area (Å²) in [6.07, 6.45) is 4.51. The standard InChI is InChI=1S/C24H26N4O4.C21H20N4O6.C4H2O3.C2H4O2/c1-24(2)23-27-19(21(29)26-14-17-10-6-7-11-18(17)25)20(22(30)28(23)12-13-32-24)31-15-16-8-4-3-5-9-16;1-21(2)20-23-16(17(28)19(30)24(20)9-10-31-21)18(29)22-11-12-5-3-4-6-13(12)25-14(26)7-8-15(25)27;5-3-1-2-4(6)7-3;1-2(3)4/h3-11H,12-15,25H2,1-2H3,(H,26,29);3-8,28H,9-11H2,1-2H3,(H,22,29);1-2H;1H3,(H,3,4). The van der Waals surface area contributed by atoms with E-state index in [0.717, 1.165) is 35.1 Å². The molecular weight excluding hydrogens is 965 g/mol. The number of para-hydroxylation sites is 2. The number of hydrogen-bond acceptors (Lipinski definition) is 17. The molecule has 23 nitrogen and oxygen atoms in total. The second-order valence-corrected chi connectivity index (χ2v) is 17.3. The number of nitrogens with two attached hydrogens (primary N) is 1. The monoisotopic (exact) mass is 1020 g/mol. The SMILES string of the molecule is CC(=O)O.CC1(C)OCCn2c1nc(C(=O)NCc1ccccc1N)c(OCc1ccccc1)c2=O.CC1(C)OCCn2c1nc(C(=O)NCc1ccccc1N1C(=O)C=CC1=O)c(O)c2=O.O=C1C=CC(=O)O1. The number of aliphatic carboxylic acids is 1. The number of aromatic hydroxyl groups is 1. The highest BCUT2D eigenvalue weighted by Crippen LogP contribution is 2.30. The van der Waals surface area contributed by atoms with Gasteiger partial charge in [0, 0.05) is 50.0 Å². The van der Waals surface area contributed by atoms with Crippen LogP contribution >= 0.6 is 0 Å². The molecule has 6 N–H and O–H groups in total. The van der Waals surface area contributed by atoms with E-state index in [0.29, 0.717) is 35.9 Å². The van der Waals surface area contributed by atoms with Crippen molar-refractivity contribution in [2.24, 2.45) is 0 Å². The molecule has 0 bridgehead atoms. The highest BCUT2D eigenvalue weighted by atomic mass is 16.6. The Morgan fingerprint density at radius 1 is 0.676 bits per heavy atom. The lowest BCUT2D eigenvalue weighted by Gasteiger charge is -2.32. The number of hydrogen-bond donors (Lipinski definition) is 5. The topological polar surface area (TPSA) is 320 Å². The fourth-order valence-corrected chi connectivity index (χ4v) is 7.53. The number of carbonyl (C=O) groups is 7. The van der Waals surface area contributed by atoms with Crippen molar-refractivity contribution in [2.75, 3.05) is 23.8 Å². The maximum Gasteiger partial charge on any atom is 0.338 e. The fourth-order valence-electron chi connectivity index (χ4n) is 7.53. The summed E-state index contributed by atoms with van der Waals surface area (Å²) in [6.45, 7) is 9.66. The van der Waals surface area contributed by atoms with Crippen LogP contribution in [0.25, 0.3) is 0 Å². The van der Waals surface area contributed by atoms with Gasteiger partial charge in [-0.25, -0.2) is 24.5 Å². The van der Waals surface area contributed by atoms with E-state index in [9.17, 15) is 43.5 Å². The zero-order chi connectivity index (χ0) is 53.9. The van der Waals surface area contributed by atoms with Crippen LogP contribution in [0.1, 0.15) is 83.9 Å². The van der Waals surface area contributed by atoms with E-state index in [1.165, 1.54) is 21.3 Å². The van der Waals surface area contributed by atoms with E-state index < -0.39 is 75.3 Å². The first kappa shape index (κ1) is 54.2. The number of ether oxygens (including phenoxy) is 4. The molecule has 6 heterocycles. The van der Waals surface area contributed by atoms with E-state index in [1.54, 1.807) is 44.2 Å². The van der Waals surface area contributed by atoms with E-state index >= 15 is 0 Å². The molecule has 0 fully saturated rings. The van der Waals surface area contributed by atoms with E-state index in [1.807, 2.05) is 62.4 Å². The van der Waals surface area contributed by atoms with Crippen LogP contribution in [-0.4, -0.2) is 84.1 Å². The predicted octanol–water partition coefficient (Wildman–Crippen LogP) is 2.89. The molecule has 4 amide bonds. The number of fused-ring (bicyclic) bond motifs is 2. The molecule has 0 unspecified atom stereocenters. The number of esters is 2. The van der Waals surface area contributed by atoms with Crippen molar-refractivity contribution in [3.8, 4) is 11.5 Å². The van der Waals surface area contributed by atoms with Crippen LogP contribution in [0.5, 0.6) is 11.5 Å². The Labute approximate surface area is 421 Å². The lowest BCUT2D eigenvalue weighted by atomic mass is 10.1. The molecule has 74 heavy (non-hydrogen) atoms. The maximum absolute atomic E-state index is 13.3. The second-order valence-electron chi connectivity index (χ2n) is 17.3. The van der Waals surface area contributed by atoms with Crippen molar-refractivity contribution in [2.45, 2.75) is 78.6 Å². The highest BCUT2D eigenvalue weighted by molar-refractivity contribution is 6.28. The van der Waals surface area contributed by atoms with Gasteiger partial charge in [-0.1, -0.05) is 66.7 Å². The van der Waals surface area contributed by atoms with Gasteiger partial charge in [-0.05, 0) is 56.5 Å². The van der Waals surface area contributed by atoms with Crippen LogP contribution < -0.4 is 37.1 Å². The smallest absolute Gasteiger partial charge is 0.338 e. The average Bonchev–Trinajstić information content (AvgIpc) is 3.91. The number of carbonyl (C=O) groups excluding carboxylic acids is 6. The van der Waals surface area contributed by atoms with Crippen LogP contribution in [0, 0.1) is 0 Å². The average molecular weight is 1020 g/mol. The summed E-state index contributed by atoms with van der Waals surface area (Å²) in [5.41, 5.74) is 5.72. The molecule has 0 atom stereocenters. The molecule has 5 aromatic rings. The van der Waals surface area contributed by atoms with Crippen molar-refractivity contribution in [1.82, 2.24) is 29.7 Å². The van der Waals surface area contributed by atoms with E-state index in [2.05, 4.69) is 25.3 Å². The molecule has 9 rings (SSSR count). The molecule has 0 saturated carbocycles. The number of nitrogens with zero attached hydrogens (tertiary/aromatic N) is 5.